The van der Waals surface area contributed by atoms with Crippen molar-refractivity contribution in [1.82, 2.24) is 4.90 Å². The lowest BCUT2D eigenvalue weighted by Gasteiger charge is -2.24. The molecular weight excluding hydrogens is 226 g/mol. The summed E-state index contributed by atoms with van der Waals surface area (Å²) in [5.41, 5.74) is 7.86. The van der Waals surface area contributed by atoms with Crippen molar-refractivity contribution >= 4 is 11.6 Å². The van der Waals surface area contributed by atoms with Crippen molar-refractivity contribution in [2.45, 2.75) is 13.3 Å². The molecule has 1 fully saturated rings. The Kier molecular flexibility index (Phi) is 4.20. The second-order valence-electron chi connectivity index (χ2n) is 4.87. The molecule has 4 heteroatoms. The van der Waals surface area contributed by atoms with Gasteiger partial charge in [0.1, 0.15) is 0 Å². The predicted molar refractivity (Wildman–Crippen MR) is 73.6 cm³/mol. The van der Waals surface area contributed by atoms with E-state index in [0.29, 0.717) is 6.54 Å². The van der Waals surface area contributed by atoms with E-state index in [2.05, 4.69) is 41.0 Å². The summed E-state index contributed by atoms with van der Waals surface area (Å²) in [6.45, 7) is 6.36. The minimum absolute atomic E-state index is 0.237. The van der Waals surface area contributed by atoms with Crippen molar-refractivity contribution in [2.75, 3.05) is 37.6 Å². The quantitative estimate of drug-likeness (QED) is 0.866. The minimum Gasteiger partial charge on any atom is -0.370 e. The number of nitrogens with two attached hydrogens (primary N) is 1. The number of primary amides is 1. The molecule has 1 amide bonds. The van der Waals surface area contributed by atoms with Crippen LogP contribution in [0.25, 0.3) is 0 Å². The highest BCUT2D eigenvalue weighted by Gasteiger charge is 2.16. The first-order valence-corrected chi connectivity index (χ1v) is 6.48. The lowest BCUT2D eigenvalue weighted by atomic mass is 10.2. The van der Waals surface area contributed by atoms with Gasteiger partial charge in [0.05, 0.1) is 6.54 Å². The Balaban J connectivity index is 2.01. The Labute approximate surface area is 108 Å². The zero-order valence-corrected chi connectivity index (χ0v) is 10.9. The summed E-state index contributed by atoms with van der Waals surface area (Å²) in [4.78, 5) is 15.5. The molecule has 1 aromatic carbocycles. The smallest absolute Gasteiger partial charge is 0.231 e. The third-order valence-corrected chi connectivity index (χ3v) is 3.42. The van der Waals surface area contributed by atoms with Gasteiger partial charge in [0.2, 0.25) is 5.91 Å². The summed E-state index contributed by atoms with van der Waals surface area (Å²) in [5.74, 6) is -0.237. The van der Waals surface area contributed by atoms with Crippen LogP contribution in [0.4, 0.5) is 5.69 Å². The third kappa shape index (κ3) is 3.23. The van der Waals surface area contributed by atoms with Crippen LogP contribution >= 0.6 is 0 Å². The summed E-state index contributed by atoms with van der Waals surface area (Å²) in [6.07, 6.45) is 1.07. The number of benzene rings is 1. The minimum atomic E-state index is -0.237. The fourth-order valence-electron chi connectivity index (χ4n) is 2.51. The Morgan fingerprint density at radius 3 is 2.72 bits per heavy atom. The number of nitrogens with zero attached hydrogens (tertiary/aromatic N) is 2. The predicted octanol–water partition coefficient (Wildman–Crippen LogP) is 0.992. The van der Waals surface area contributed by atoms with Crippen LogP contribution in [-0.2, 0) is 4.79 Å². The molecule has 2 N–H and O–H groups in total. The second kappa shape index (κ2) is 5.87. The molecule has 0 atom stereocenters. The molecule has 0 aliphatic carbocycles. The van der Waals surface area contributed by atoms with Crippen molar-refractivity contribution in [2.24, 2.45) is 5.73 Å². The molecule has 1 aliphatic heterocycles. The van der Waals surface area contributed by atoms with Crippen LogP contribution in [0, 0.1) is 6.92 Å². The maximum absolute atomic E-state index is 11.0. The highest BCUT2D eigenvalue weighted by molar-refractivity contribution is 5.75. The topological polar surface area (TPSA) is 49.6 Å². The van der Waals surface area contributed by atoms with Gasteiger partial charge < -0.3 is 10.6 Å². The molecular formula is C14H21N3O. The van der Waals surface area contributed by atoms with Gasteiger partial charge in [-0.2, -0.15) is 0 Å². The van der Waals surface area contributed by atoms with Gasteiger partial charge in [0, 0.05) is 31.9 Å². The molecule has 1 saturated heterocycles. The number of anilines is 1. The van der Waals surface area contributed by atoms with E-state index in [4.69, 9.17) is 5.73 Å². The maximum atomic E-state index is 11.0. The summed E-state index contributed by atoms with van der Waals surface area (Å²) < 4.78 is 0. The van der Waals surface area contributed by atoms with Gasteiger partial charge in [-0.3, -0.25) is 9.69 Å². The molecule has 1 aromatic rings. The molecule has 2 rings (SSSR count). The standard InChI is InChI=1S/C14H21N3O/c1-12-5-2-3-6-13(12)17-8-4-7-16(9-10-17)11-14(15)18/h2-3,5-6H,4,7-11H2,1H3,(H2,15,18). The molecule has 18 heavy (non-hydrogen) atoms. The fraction of sp³-hybridized carbons (Fsp3) is 0.500. The van der Waals surface area contributed by atoms with Crippen molar-refractivity contribution in [1.29, 1.82) is 0 Å². The molecule has 0 radical (unpaired) electrons. The number of hydrogen-bond acceptors (Lipinski definition) is 3. The largest absolute Gasteiger partial charge is 0.370 e. The molecule has 0 aromatic heterocycles. The number of carbonyl (C=O) groups is 1. The molecule has 0 saturated carbocycles. The number of carbonyl (C=O) groups excluding carboxylic acids is 1. The first-order chi connectivity index (χ1) is 8.66. The van der Waals surface area contributed by atoms with Crippen LogP contribution < -0.4 is 10.6 Å². The van der Waals surface area contributed by atoms with E-state index < -0.39 is 0 Å². The number of rotatable bonds is 3. The van der Waals surface area contributed by atoms with E-state index in [1.807, 2.05) is 0 Å². The van der Waals surface area contributed by atoms with Gasteiger partial charge >= 0.3 is 0 Å². The highest BCUT2D eigenvalue weighted by atomic mass is 16.1. The molecule has 1 aliphatic rings. The number of para-hydroxylation sites is 1. The summed E-state index contributed by atoms with van der Waals surface area (Å²) in [7, 11) is 0. The molecule has 4 nitrogen and oxygen atoms in total. The average Bonchev–Trinajstić information content (AvgIpc) is 2.55. The SMILES string of the molecule is Cc1ccccc1N1CCCN(CC(N)=O)CC1. The first kappa shape index (κ1) is 12.9. The first-order valence-electron chi connectivity index (χ1n) is 6.48. The average molecular weight is 247 g/mol. The Morgan fingerprint density at radius 2 is 2.00 bits per heavy atom. The summed E-state index contributed by atoms with van der Waals surface area (Å²) in [5, 5.41) is 0. The summed E-state index contributed by atoms with van der Waals surface area (Å²) >= 11 is 0. The Hall–Kier alpha value is -1.55. The van der Waals surface area contributed by atoms with E-state index in [9.17, 15) is 4.79 Å². The van der Waals surface area contributed by atoms with Crippen molar-refractivity contribution in [3.05, 3.63) is 29.8 Å². The van der Waals surface area contributed by atoms with Crippen LogP contribution in [0.3, 0.4) is 0 Å². The van der Waals surface area contributed by atoms with Gasteiger partial charge in [-0.25, -0.2) is 0 Å². The van der Waals surface area contributed by atoms with Crippen LogP contribution in [0.5, 0.6) is 0 Å². The molecule has 0 bridgehead atoms. The Bertz CT molecular complexity index is 419. The molecule has 0 spiro atoms. The van der Waals surface area contributed by atoms with Crippen LogP contribution in [0.2, 0.25) is 0 Å². The van der Waals surface area contributed by atoms with Crippen molar-refractivity contribution in [3.8, 4) is 0 Å². The van der Waals surface area contributed by atoms with Gasteiger partial charge in [0.15, 0.2) is 0 Å². The zero-order chi connectivity index (χ0) is 13.0. The molecule has 0 unspecified atom stereocenters. The maximum Gasteiger partial charge on any atom is 0.231 e. The van der Waals surface area contributed by atoms with E-state index >= 15 is 0 Å². The highest BCUT2D eigenvalue weighted by Crippen LogP contribution is 2.20. The zero-order valence-electron chi connectivity index (χ0n) is 10.9. The van der Waals surface area contributed by atoms with E-state index in [1.165, 1.54) is 11.3 Å². The van der Waals surface area contributed by atoms with Crippen LogP contribution in [0.1, 0.15) is 12.0 Å². The van der Waals surface area contributed by atoms with Gasteiger partial charge in [-0.1, -0.05) is 18.2 Å². The number of hydrogen-bond donors (Lipinski definition) is 1. The van der Waals surface area contributed by atoms with Gasteiger partial charge in [-0.05, 0) is 25.0 Å². The molecule has 1 heterocycles. The monoisotopic (exact) mass is 247 g/mol. The lowest BCUT2D eigenvalue weighted by molar-refractivity contribution is -0.119. The molecule has 98 valence electrons. The number of aryl methyl sites for hydroxylation is 1. The second-order valence-corrected chi connectivity index (χ2v) is 4.87. The van der Waals surface area contributed by atoms with Crippen LogP contribution in [-0.4, -0.2) is 43.5 Å². The van der Waals surface area contributed by atoms with E-state index in [-0.39, 0.29) is 5.91 Å². The van der Waals surface area contributed by atoms with Gasteiger partial charge in [0.25, 0.3) is 0 Å². The fourth-order valence-corrected chi connectivity index (χ4v) is 2.51. The number of amides is 1. The van der Waals surface area contributed by atoms with Crippen molar-refractivity contribution in [3.63, 3.8) is 0 Å². The van der Waals surface area contributed by atoms with Crippen molar-refractivity contribution < 1.29 is 4.79 Å². The van der Waals surface area contributed by atoms with E-state index in [0.717, 1.165) is 32.6 Å². The van der Waals surface area contributed by atoms with Crippen LogP contribution in [0.15, 0.2) is 24.3 Å². The van der Waals surface area contributed by atoms with E-state index in [1.54, 1.807) is 0 Å². The van der Waals surface area contributed by atoms with Gasteiger partial charge in [-0.15, -0.1) is 0 Å². The normalized spacial score (nSPS) is 17.5. The summed E-state index contributed by atoms with van der Waals surface area (Å²) in [6, 6.07) is 8.45. The third-order valence-electron chi connectivity index (χ3n) is 3.42. The Morgan fingerprint density at radius 1 is 1.22 bits per heavy atom. The lowest BCUT2D eigenvalue weighted by Crippen LogP contribution is -2.36.